The van der Waals surface area contributed by atoms with Gasteiger partial charge in [0.2, 0.25) is 0 Å². The van der Waals surface area contributed by atoms with Gasteiger partial charge in [-0.25, -0.2) is 0 Å². The second-order valence-electron chi connectivity index (χ2n) is 9.17. The molecular weight excluding hydrogens is 288 g/mol. The van der Waals surface area contributed by atoms with Crippen LogP contribution in [0.25, 0.3) is 0 Å². The maximum Gasteiger partial charge on any atom is 0.105 e. The minimum atomic E-state index is -1.23. The molecule has 1 saturated carbocycles. The van der Waals surface area contributed by atoms with Crippen LogP contribution >= 0.6 is 0 Å². The molecule has 0 aromatic rings. The number of aliphatic hydroxyl groups excluding tert-OH is 2. The molecule has 0 aromatic heterocycles. The van der Waals surface area contributed by atoms with E-state index in [1.165, 1.54) is 36.8 Å². The van der Waals surface area contributed by atoms with Crippen LogP contribution in [0.5, 0.6) is 0 Å². The number of rotatable bonds is 5. The average Bonchev–Trinajstić information content (AvgIpc) is 2.44. The molecule has 1 fully saturated rings. The summed E-state index contributed by atoms with van der Waals surface area (Å²) in [4.78, 5) is 0. The predicted octanol–water partition coefficient (Wildman–Crippen LogP) is 3.81. The molecule has 0 bridgehead atoms. The molecule has 0 spiro atoms. The first-order valence-electron chi connectivity index (χ1n) is 9.25. The van der Waals surface area contributed by atoms with Crippen LogP contribution in [0.1, 0.15) is 79.6 Å². The highest BCUT2D eigenvalue weighted by Crippen LogP contribution is 2.60. The second kappa shape index (κ2) is 6.50. The summed E-state index contributed by atoms with van der Waals surface area (Å²) in [6, 6.07) is 0. The SMILES string of the molecule is CC1=C(CC[C@@](C)(O)[C@H](O)CO)[C@@]2(C)CCCC(C)(C)[C@@H]2CC1. The minimum Gasteiger partial charge on any atom is -0.394 e. The van der Waals surface area contributed by atoms with Gasteiger partial charge in [-0.3, -0.25) is 0 Å². The third kappa shape index (κ3) is 3.52. The molecule has 0 radical (unpaired) electrons. The van der Waals surface area contributed by atoms with Gasteiger partial charge in [-0.1, -0.05) is 38.3 Å². The highest BCUT2D eigenvalue weighted by molar-refractivity contribution is 5.27. The van der Waals surface area contributed by atoms with Crippen molar-refractivity contribution in [2.24, 2.45) is 16.7 Å². The zero-order valence-electron chi connectivity index (χ0n) is 15.7. The van der Waals surface area contributed by atoms with E-state index in [4.69, 9.17) is 5.11 Å². The van der Waals surface area contributed by atoms with Crippen LogP contribution in [0.2, 0.25) is 0 Å². The Morgan fingerprint density at radius 3 is 2.52 bits per heavy atom. The van der Waals surface area contributed by atoms with Crippen molar-refractivity contribution in [3.8, 4) is 0 Å². The fraction of sp³-hybridized carbons (Fsp3) is 0.900. The summed E-state index contributed by atoms with van der Waals surface area (Å²) < 4.78 is 0. The van der Waals surface area contributed by atoms with Crippen LogP contribution in [0.3, 0.4) is 0 Å². The van der Waals surface area contributed by atoms with Crippen molar-refractivity contribution < 1.29 is 15.3 Å². The minimum absolute atomic E-state index is 0.227. The van der Waals surface area contributed by atoms with Crippen molar-refractivity contribution in [3.05, 3.63) is 11.1 Å². The van der Waals surface area contributed by atoms with E-state index in [9.17, 15) is 10.2 Å². The Hall–Kier alpha value is -0.380. The molecule has 0 amide bonds. The van der Waals surface area contributed by atoms with Gasteiger partial charge in [-0.2, -0.15) is 0 Å². The summed E-state index contributed by atoms with van der Waals surface area (Å²) in [5, 5.41) is 29.4. The standard InChI is InChI=1S/C20H36O3/c1-14-7-8-16-18(2,3)10-6-11-19(16,4)15(14)9-12-20(5,23)17(22)13-21/h16-17,21-23H,6-13H2,1-5H3/t16-,17+,19+,20+/m0/s1. The Morgan fingerprint density at radius 2 is 1.91 bits per heavy atom. The molecule has 2 aliphatic carbocycles. The smallest absolute Gasteiger partial charge is 0.105 e. The third-order valence-electron chi connectivity index (χ3n) is 7.01. The molecule has 0 aliphatic heterocycles. The van der Waals surface area contributed by atoms with Crippen molar-refractivity contribution in [3.63, 3.8) is 0 Å². The summed E-state index contributed by atoms with van der Waals surface area (Å²) in [6.07, 6.45) is 6.49. The van der Waals surface area contributed by atoms with E-state index in [0.29, 0.717) is 17.8 Å². The van der Waals surface area contributed by atoms with Crippen LogP contribution in [0.4, 0.5) is 0 Å². The second-order valence-corrected chi connectivity index (χ2v) is 9.17. The molecule has 23 heavy (non-hydrogen) atoms. The van der Waals surface area contributed by atoms with Crippen molar-refractivity contribution >= 4 is 0 Å². The van der Waals surface area contributed by atoms with Crippen molar-refractivity contribution in [2.45, 2.75) is 91.3 Å². The maximum absolute atomic E-state index is 10.4. The Labute approximate surface area is 141 Å². The van der Waals surface area contributed by atoms with Crippen LogP contribution in [-0.2, 0) is 0 Å². The van der Waals surface area contributed by atoms with Crippen LogP contribution in [0.15, 0.2) is 11.1 Å². The highest BCUT2D eigenvalue weighted by atomic mass is 16.4. The lowest BCUT2D eigenvalue weighted by molar-refractivity contribution is -0.0884. The Bertz CT molecular complexity index is 464. The summed E-state index contributed by atoms with van der Waals surface area (Å²) in [7, 11) is 0. The third-order valence-corrected chi connectivity index (χ3v) is 7.01. The summed E-state index contributed by atoms with van der Waals surface area (Å²) >= 11 is 0. The van der Waals surface area contributed by atoms with E-state index in [1.54, 1.807) is 6.92 Å². The van der Waals surface area contributed by atoms with Crippen LogP contribution in [-0.4, -0.2) is 33.6 Å². The van der Waals surface area contributed by atoms with E-state index >= 15 is 0 Å². The van der Waals surface area contributed by atoms with E-state index in [1.807, 2.05) is 0 Å². The van der Waals surface area contributed by atoms with E-state index in [-0.39, 0.29) is 5.41 Å². The first-order chi connectivity index (χ1) is 10.5. The zero-order valence-corrected chi connectivity index (χ0v) is 15.7. The molecule has 4 atom stereocenters. The molecule has 3 N–H and O–H groups in total. The van der Waals surface area contributed by atoms with E-state index in [2.05, 4.69) is 27.7 Å². The lowest BCUT2D eigenvalue weighted by Crippen LogP contribution is -2.46. The summed E-state index contributed by atoms with van der Waals surface area (Å²) in [5.74, 6) is 0.704. The molecule has 2 aliphatic rings. The topological polar surface area (TPSA) is 60.7 Å². The molecule has 0 saturated heterocycles. The summed E-state index contributed by atoms with van der Waals surface area (Å²) in [5.41, 5.74) is 2.37. The summed E-state index contributed by atoms with van der Waals surface area (Å²) in [6.45, 7) is 10.7. The number of allylic oxidation sites excluding steroid dienone is 2. The average molecular weight is 325 g/mol. The fourth-order valence-electron chi connectivity index (χ4n) is 5.43. The molecule has 3 heteroatoms. The molecule has 0 heterocycles. The zero-order chi connectivity index (χ0) is 17.5. The molecule has 0 unspecified atom stereocenters. The number of hydrogen-bond donors (Lipinski definition) is 3. The van der Waals surface area contributed by atoms with Gasteiger partial charge in [0.05, 0.1) is 12.2 Å². The predicted molar refractivity (Wildman–Crippen MR) is 94.1 cm³/mol. The largest absolute Gasteiger partial charge is 0.394 e. The van der Waals surface area contributed by atoms with Crippen molar-refractivity contribution in [2.75, 3.05) is 6.61 Å². The van der Waals surface area contributed by atoms with Gasteiger partial charge < -0.3 is 15.3 Å². The van der Waals surface area contributed by atoms with Gasteiger partial charge in [0, 0.05) is 0 Å². The fourth-order valence-corrected chi connectivity index (χ4v) is 5.43. The van der Waals surface area contributed by atoms with Gasteiger partial charge in [-0.05, 0) is 69.1 Å². The molecule has 0 aromatic carbocycles. The Balaban J connectivity index is 2.22. The maximum atomic E-state index is 10.4. The Kier molecular flexibility index (Phi) is 5.35. The monoisotopic (exact) mass is 324 g/mol. The normalized spacial score (nSPS) is 34.7. The lowest BCUT2D eigenvalue weighted by atomic mass is 9.50. The van der Waals surface area contributed by atoms with E-state index < -0.39 is 18.3 Å². The highest BCUT2D eigenvalue weighted by Gasteiger charge is 2.50. The van der Waals surface area contributed by atoms with Gasteiger partial charge in [0.1, 0.15) is 6.10 Å². The van der Waals surface area contributed by atoms with E-state index in [0.717, 1.165) is 12.8 Å². The van der Waals surface area contributed by atoms with Gasteiger partial charge >= 0.3 is 0 Å². The van der Waals surface area contributed by atoms with Crippen LogP contribution in [0, 0.1) is 16.7 Å². The van der Waals surface area contributed by atoms with Crippen molar-refractivity contribution in [1.82, 2.24) is 0 Å². The van der Waals surface area contributed by atoms with Gasteiger partial charge in [0.15, 0.2) is 0 Å². The number of fused-ring (bicyclic) bond motifs is 1. The van der Waals surface area contributed by atoms with Crippen LogP contribution < -0.4 is 0 Å². The molecule has 2 rings (SSSR count). The first-order valence-corrected chi connectivity index (χ1v) is 9.25. The molecule has 3 nitrogen and oxygen atoms in total. The Morgan fingerprint density at radius 1 is 1.26 bits per heavy atom. The quantitative estimate of drug-likeness (QED) is 0.674. The number of hydrogen-bond acceptors (Lipinski definition) is 3. The van der Waals surface area contributed by atoms with Gasteiger partial charge in [-0.15, -0.1) is 0 Å². The first kappa shape index (κ1) is 19.0. The number of aliphatic hydroxyl groups is 3. The molecular formula is C20H36O3. The van der Waals surface area contributed by atoms with Crippen molar-refractivity contribution in [1.29, 1.82) is 0 Å². The molecule has 134 valence electrons. The van der Waals surface area contributed by atoms with Gasteiger partial charge in [0.25, 0.3) is 0 Å². The lowest BCUT2D eigenvalue weighted by Gasteiger charge is -2.55.